The molecule has 6 unspecified atom stereocenters. The van der Waals surface area contributed by atoms with Gasteiger partial charge in [-0.25, -0.2) is 4.21 Å². The van der Waals surface area contributed by atoms with Crippen LogP contribution in [0.4, 0.5) is 5.69 Å². The van der Waals surface area contributed by atoms with Crippen LogP contribution in [-0.2, 0) is 17.4 Å². The first kappa shape index (κ1) is 27.7. The molecule has 1 aliphatic carbocycles. The summed E-state index contributed by atoms with van der Waals surface area (Å²) in [6, 6.07) is 14.4. The summed E-state index contributed by atoms with van der Waals surface area (Å²) in [6.07, 6.45) is 5.64. The first-order chi connectivity index (χ1) is 17.8. The first-order valence-corrected chi connectivity index (χ1v) is 15.3. The molecule has 2 aromatic rings. The van der Waals surface area contributed by atoms with E-state index in [4.69, 9.17) is 4.74 Å². The SMILES string of the molecule is CCCc1ccccc1C1COc2ccc(C(=O)NS(=O)C(C)C(C)CC)cc2N(CC2CCC2C)C1. The zero-order valence-electron chi connectivity index (χ0n) is 23.2. The van der Waals surface area contributed by atoms with Gasteiger partial charge in [-0.05, 0) is 66.8 Å². The highest BCUT2D eigenvalue weighted by Crippen LogP contribution is 2.40. The predicted octanol–water partition coefficient (Wildman–Crippen LogP) is 6.50. The smallest absolute Gasteiger partial charge is 0.263 e. The highest BCUT2D eigenvalue weighted by atomic mass is 32.2. The minimum absolute atomic E-state index is 0.0985. The van der Waals surface area contributed by atoms with E-state index in [1.54, 1.807) is 6.07 Å². The van der Waals surface area contributed by atoms with Gasteiger partial charge < -0.3 is 9.64 Å². The van der Waals surface area contributed by atoms with Crippen molar-refractivity contribution in [2.24, 2.45) is 17.8 Å². The molecule has 5 nitrogen and oxygen atoms in total. The molecule has 4 rings (SSSR count). The molecule has 6 atom stereocenters. The molecule has 0 saturated heterocycles. The van der Waals surface area contributed by atoms with Crippen LogP contribution in [0.3, 0.4) is 0 Å². The van der Waals surface area contributed by atoms with Crippen LogP contribution in [0.15, 0.2) is 42.5 Å². The largest absolute Gasteiger partial charge is 0.491 e. The van der Waals surface area contributed by atoms with Crippen molar-refractivity contribution in [3.63, 3.8) is 0 Å². The van der Waals surface area contributed by atoms with Crippen LogP contribution < -0.4 is 14.4 Å². The number of benzene rings is 2. The Hall–Kier alpha value is -2.34. The van der Waals surface area contributed by atoms with Crippen LogP contribution >= 0.6 is 0 Å². The van der Waals surface area contributed by atoms with Gasteiger partial charge in [0.05, 0.1) is 17.5 Å². The molecular weight excluding hydrogens is 480 g/mol. The van der Waals surface area contributed by atoms with Gasteiger partial charge in [-0.3, -0.25) is 9.52 Å². The molecule has 1 saturated carbocycles. The number of carbonyl (C=O) groups is 1. The quantitative estimate of drug-likeness (QED) is 0.386. The van der Waals surface area contributed by atoms with Gasteiger partial charge in [0.25, 0.3) is 5.91 Å². The number of nitrogens with zero attached hydrogens (tertiary/aromatic N) is 1. The van der Waals surface area contributed by atoms with E-state index in [1.165, 1.54) is 24.0 Å². The van der Waals surface area contributed by atoms with E-state index in [0.717, 1.165) is 49.7 Å². The van der Waals surface area contributed by atoms with Gasteiger partial charge >= 0.3 is 0 Å². The Kier molecular flexibility index (Phi) is 9.33. The van der Waals surface area contributed by atoms with E-state index in [2.05, 4.69) is 61.6 Å². The number of amides is 1. The highest BCUT2D eigenvalue weighted by molar-refractivity contribution is 7.84. The minimum atomic E-state index is -1.43. The predicted molar refractivity (Wildman–Crippen MR) is 154 cm³/mol. The number of carbonyl (C=O) groups excluding carboxylic acids is 1. The summed E-state index contributed by atoms with van der Waals surface area (Å²) in [5, 5.41) is -0.0985. The van der Waals surface area contributed by atoms with Gasteiger partial charge in [-0.2, -0.15) is 0 Å². The Balaban J connectivity index is 1.61. The van der Waals surface area contributed by atoms with Crippen molar-refractivity contribution in [2.75, 3.05) is 24.6 Å². The van der Waals surface area contributed by atoms with E-state index in [1.807, 2.05) is 19.1 Å². The first-order valence-electron chi connectivity index (χ1n) is 14.1. The average Bonchev–Trinajstić information content (AvgIpc) is 3.09. The van der Waals surface area contributed by atoms with Gasteiger partial charge in [-0.1, -0.05) is 71.2 Å². The topological polar surface area (TPSA) is 58.6 Å². The van der Waals surface area contributed by atoms with Crippen LogP contribution in [-0.4, -0.2) is 35.1 Å². The maximum absolute atomic E-state index is 13.1. The highest BCUT2D eigenvalue weighted by Gasteiger charge is 2.33. The van der Waals surface area contributed by atoms with Crippen LogP contribution in [0, 0.1) is 17.8 Å². The van der Waals surface area contributed by atoms with E-state index in [-0.39, 0.29) is 23.0 Å². The minimum Gasteiger partial charge on any atom is -0.491 e. The number of anilines is 1. The molecule has 202 valence electrons. The third-order valence-corrected chi connectivity index (χ3v) is 10.2. The van der Waals surface area contributed by atoms with Gasteiger partial charge in [0, 0.05) is 24.6 Å². The molecule has 0 radical (unpaired) electrons. The van der Waals surface area contributed by atoms with Gasteiger partial charge in [0.15, 0.2) is 0 Å². The van der Waals surface area contributed by atoms with Gasteiger partial charge in [0.1, 0.15) is 16.7 Å². The maximum atomic E-state index is 13.1. The van der Waals surface area contributed by atoms with Crippen molar-refractivity contribution in [1.82, 2.24) is 4.72 Å². The summed E-state index contributed by atoms with van der Waals surface area (Å²) >= 11 is 0. The van der Waals surface area contributed by atoms with Gasteiger partial charge in [0.2, 0.25) is 0 Å². The lowest BCUT2D eigenvalue weighted by Crippen LogP contribution is -2.39. The number of nitrogens with one attached hydrogen (secondary N) is 1. The van der Waals surface area contributed by atoms with Crippen LogP contribution in [0.2, 0.25) is 0 Å². The van der Waals surface area contributed by atoms with Crippen molar-refractivity contribution in [3.8, 4) is 5.75 Å². The number of ether oxygens (including phenoxy) is 1. The van der Waals surface area contributed by atoms with E-state index >= 15 is 0 Å². The number of hydrogen-bond donors (Lipinski definition) is 1. The number of hydrogen-bond acceptors (Lipinski definition) is 4. The second-order valence-electron chi connectivity index (χ2n) is 11.2. The summed E-state index contributed by atoms with van der Waals surface area (Å²) < 4.78 is 21.9. The zero-order chi connectivity index (χ0) is 26.5. The molecule has 1 aliphatic heterocycles. The Morgan fingerprint density at radius 3 is 2.62 bits per heavy atom. The van der Waals surface area contributed by atoms with Crippen molar-refractivity contribution in [2.45, 2.75) is 77.9 Å². The second kappa shape index (κ2) is 12.5. The van der Waals surface area contributed by atoms with Crippen LogP contribution in [0.5, 0.6) is 5.75 Å². The molecule has 0 spiro atoms. The number of rotatable bonds is 10. The molecule has 2 aliphatic rings. The van der Waals surface area contributed by atoms with E-state index in [0.29, 0.717) is 18.1 Å². The Labute approximate surface area is 226 Å². The summed E-state index contributed by atoms with van der Waals surface area (Å²) in [4.78, 5) is 15.6. The summed E-state index contributed by atoms with van der Waals surface area (Å²) in [6.45, 7) is 13.1. The van der Waals surface area contributed by atoms with E-state index < -0.39 is 11.0 Å². The number of aryl methyl sites for hydroxylation is 1. The van der Waals surface area contributed by atoms with E-state index in [9.17, 15) is 9.00 Å². The molecule has 1 heterocycles. The standard InChI is InChI=1S/C31H44N2O3S/c1-6-10-24-11-8-9-12-28(24)27-19-33(18-26-14-13-22(26)4)29-17-25(15-16-30(29)36-20-27)31(34)32-37(35)23(5)21(3)7-2/h8-9,11-12,15-17,21-23,26-27H,6-7,10,13-14,18-20H2,1-5H3,(H,32,34). The summed E-state index contributed by atoms with van der Waals surface area (Å²) in [5.41, 5.74) is 4.28. The Morgan fingerprint density at radius 1 is 1.16 bits per heavy atom. The molecule has 6 heteroatoms. The van der Waals surface area contributed by atoms with Crippen LogP contribution in [0.1, 0.15) is 87.7 Å². The molecule has 37 heavy (non-hydrogen) atoms. The van der Waals surface area contributed by atoms with Crippen molar-refractivity contribution < 1.29 is 13.7 Å². The number of fused-ring (bicyclic) bond motifs is 1. The molecular formula is C31H44N2O3S. The van der Waals surface area contributed by atoms with Crippen molar-refractivity contribution in [3.05, 3.63) is 59.2 Å². The average molecular weight is 525 g/mol. The van der Waals surface area contributed by atoms with Crippen molar-refractivity contribution in [1.29, 1.82) is 0 Å². The summed E-state index contributed by atoms with van der Waals surface area (Å²) in [7, 11) is -1.43. The Bertz CT molecular complexity index is 1100. The molecule has 0 bridgehead atoms. The monoisotopic (exact) mass is 524 g/mol. The second-order valence-corrected chi connectivity index (χ2v) is 12.7. The normalized spacial score (nSPS) is 23.6. The lowest BCUT2D eigenvalue weighted by atomic mass is 9.74. The zero-order valence-corrected chi connectivity index (χ0v) is 24.0. The fourth-order valence-corrected chi connectivity index (χ4v) is 6.60. The third-order valence-electron chi connectivity index (χ3n) is 8.69. The Morgan fingerprint density at radius 2 is 1.95 bits per heavy atom. The molecule has 1 fully saturated rings. The fraction of sp³-hybridized carbons (Fsp3) is 0.581. The maximum Gasteiger partial charge on any atom is 0.263 e. The molecule has 1 amide bonds. The third kappa shape index (κ3) is 6.39. The van der Waals surface area contributed by atoms with Gasteiger partial charge in [-0.15, -0.1) is 0 Å². The van der Waals surface area contributed by atoms with Crippen LogP contribution in [0.25, 0.3) is 0 Å². The molecule has 2 aromatic carbocycles. The van der Waals surface area contributed by atoms with Crippen molar-refractivity contribution >= 4 is 22.6 Å². The summed E-state index contributed by atoms with van der Waals surface area (Å²) in [5.74, 6) is 2.43. The fourth-order valence-electron chi connectivity index (χ4n) is 5.50. The molecule has 0 aromatic heterocycles. The lowest BCUT2D eigenvalue weighted by molar-refractivity contribution is 0.0982. The lowest BCUT2D eigenvalue weighted by Gasteiger charge is -2.39. The molecule has 1 N–H and O–H groups in total.